The number of hydrogen-bond acceptors (Lipinski definition) is 3. The van der Waals surface area contributed by atoms with Crippen molar-refractivity contribution < 1.29 is 4.79 Å². The fourth-order valence-corrected chi connectivity index (χ4v) is 4.44. The van der Waals surface area contributed by atoms with Gasteiger partial charge in [-0.1, -0.05) is 12.1 Å². The third-order valence-corrected chi connectivity index (χ3v) is 5.92. The first-order chi connectivity index (χ1) is 12.2. The van der Waals surface area contributed by atoms with Crippen molar-refractivity contribution in [3.63, 3.8) is 0 Å². The quantitative estimate of drug-likeness (QED) is 0.828. The van der Waals surface area contributed by atoms with Gasteiger partial charge in [-0.05, 0) is 63.2 Å². The van der Waals surface area contributed by atoms with Crippen LogP contribution in [0.1, 0.15) is 50.4 Å². The number of carbonyl (C=O) groups excluding carboxylic acids is 1. The number of likely N-dealkylation sites (tertiary alicyclic amines) is 1. The molecule has 2 aromatic rings. The van der Waals surface area contributed by atoms with E-state index in [4.69, 9.17) is 4.98 Å². The smallest absolute Gasteiger partial charge is 0.223 e. The molecule has 27 heavy (non-hydrogen) atoms. The second-order valence-corrected chi connectivity index (χ2v) is 7.49. The van der Waals surface area contributed by atoms with E-state index in [0.29, 0.717) is 18.2 Å². The highest BCUT2D eigenvalue weighted by Gasteiger charge is 2.33. The number of amides is 1. The molecule has 1 unspecified atom stereocenters. The fraction of sp³-hybridized carbons (Fsp3) is 0.600. The molecule has 1 atom stereocenters. The van der Waals surface area contributed by atoms with E-state index in [1.165, 1.54) is 12.8 Å². The summed E-state index contributed by atoms with van der Waals surface area (Å²) in [4.78, 5) is 19.8. The molecule has 1 aromatic heterocycles. The lowest BCUT2D eigenvalue weighted by Crippen LogP contribution is -2.33. The van der Waals surface area contributed by atoms with E-state index in [2.05, 4.69) is 34.0 Å². The van der Waals surface area contributed by atoms with Crippen molar-refractivity contribution in [1.29, 1.82) is 0 Å². The SMILES string of the molecule is Cl.Cl.Cn1c(C2CCCN2C(=O)CCC2CCNCC2)nc2ccccc21. The van der Waals surface area contributed by atoms with Crippen LogP contribution in [0, 0.1) is 5.92 Å². The van der Waals surface area contributed by atoms with Crippen LogP contribution in [0.2, 0.25) is 0 Å². The summed E-state index contributed by atoms with van der Waals surface area (Å²) in [5, 5.41) is 3.40. The molecule has 2 aliphatic rings. The van der Waals surface area contributed by atoms with Crippen LogP contribution in [0.4, 0.5) is 0 Å². The normalized spacial score (nSPS) is 20.3. The van der Waals surface area contributed by atoms with Crippen molar-refractivity contribution in [2.45, 2.75) is 44.6 Å². The predicted molar refractivity (Wildman–Crippen MR) is 114 cm³/mol. The van der Waals surface area contributed by atoms with Gasteiger partial charge in [-0.15, -0.1) is 24.8 Å². The highest BCUT2D eigenvalue weighted by molar-refractivity contribution is 5.85. The van der Waals surface area contributed by atoms with Crippen molar-refractivity contribution in [3.05, 3.63) is 30.1 Å². The van der Waals surface area contributed by atoms with Crippen molar-refractivity contribution in [3.8, 4) is 0 Å². The van der Waals surface area contributed by atoms with Crippen molar-refractivity contribution in [2.24, 2.45) is 13.0 Å². The maximum absolute atomic E-state index is 12.9. The van der Waals surface area contributed by atoms with Gasteiger partial charge in [0.2, 0.25) is 5.91 Å². The van der Waals surface area contributed by atoms with Crippen LogP contribution in [0.3, 0.4) is 0 Å². The number of carbonyl (C=O) groups is 1. The summed E-state index contributed by atoms with van der Waals surface area (Å²) in [7, 11) is 2.07. The van der Waals surface area contributed by atoms with Gasteiger partial charge in [0.05, 0.1) is 17.1 Å². The Labute approximate surface area is 173 Å². The van der Waals surface area contributed by atoms with E-state index in [1.54, 1.807) is 0 Å². The van der Waals surface area contributed by atoms with Gasteiger partial charge in [0, 0.05) is 20.0 Å². The largest absolute Gasteiger partial charge is 0.333 e. The molecule has 2 saturated heterocycles. The average molecular weight is 413 g/mol. The van der Waals surface area contributed by atoms with Gasteiger partial charge in [-0.2, -0.15) is 0 Å². The summed E-state index contributed by atoms with van der Waals surface area (Å²) in [5.74, 6) is 2.06. The van der Waals surface area contributed by atoms with Crippen LogP contribution in [-0.4, -0.2) is 40.0 Å². The standard InChI is InChI=1S/C20H28N4O.2ClH/c1-23-17-6-3-2-5-16(17)22-20(23)18-7-4-14-24(18)19(25)9-8-15-10-12-21-13-11-15;;/h2-3,5-6,15,18,21H,4,7-14H2,1H3;2*1H. The molecule has 0 aliphatic carbocycles. The number of piperidine rings is 1. The highest BCUT2D eigenvalue weighted by Crippen LogP contribution is 2.34. The lowest BCUT2D eigenvalue weighted by atomic mass is 9.93. The number of hydrogen-bond donors (Lipinski definition) is 1. The summed E-state index contributed by atoms with van der Waals surface area (Å²) < 4.78 is 2.17. The Kier molecular flexibility index (Phi) is 7.95. The molecule has 3 heterocycles. The van der Waals surface area contributed by atoms with Crippen molar-refractivity contribution >= 4 is 41.8 Å². The molecule has 0 radical (unpaired) electrons. The number of rotatable bonds is 4. The van der Waals surface area contributed by atoms with Crippen LogP contribution >= 0.6 is 24.8 Å². The third-order valence-electron chi connectivity index (χ3n) is 5.92. The molecule has 7 heteroatoms. The number of para-hydroxylation sites is 2. The van der Waals surface area contributed by atoms with Gasteiger partial charge < -0.3 is 14.8 Å². The van der Waals surface area contributed by atoms with Crippen LogP contribution in [0.25, 0.3) is 11.0 Å². The van der Waals surface area contributed by atoms with Crippen LogP contribution in [0.15, 0.2) is 24.3 Å². The zero-order valence-electron chi connectivity index (χ0n) is 15.9. The maximum Gasteiger partial charge on any atom is 0.223 e. The average Bonchev–Trinajstić information content (AvgIpc) is 3.26. The van der Waals surface area contributed by atoms with Gasteiger partial charge in [0.1, 0.15) is 5.82 Å². The number of aromatic nitrogens is 2. The topological polar surface area (TPSA) is 50.2 Å². The maximum atomic E-state index is 12.9. The molecule has 2 aliphatic heterocycles. The molecular weight excluding hydrogens is 383 g/mol. The molecule has 1 aromatic carbocycles. The van der Waals surface area contributed by atoms with E-state index < -0.39 is 0 Å². The Bertz CT molecular complexity index is 758. The van der Waals surface area contributed by atoms with E-state index in [-0.39, 0.29) is 30.9 Å². The molecule has 2 fully saturated rings. The van der Waals surface area contributed by atoms with E-state index in [0.717, 1.165) is 55.8 Å². The molecule has 1 N–H and O–H groups in total. The van der Waals surface area contributed by atoms with E-state index in [9.17, 15) is 4.79 Å². The Morgan fingerprint density at radius 2 is 1.93 bits per heavy atom. The first kappa shape index (κ1) is 22.0. The summed E-state index contributed by atoms with van der Waals surface area (Å²) >= 11 is 0. The number of nitrogens with one attached hydrogen (secondary N) is 1. The Balaban J connectivity index is 0.00000131. The van der Waals surface area contributed by atoms with Gasteiger partial charge in [-0.25, -0.2) is 4.98 Å². The number of nitrogens with zero attached hydrogens (tertiary/aromatic N) is 3. The van der Waals surface area contributed by atoms with Crippen LogP contribution in [-0.2, 0) is 11.8 Å². The first-order valence-electron chi connectivity index (χ1n) is 9.65. The predicted octanol–water partition coefficient (Wildman–Crippen LogP) is 3.86. The molecule has 1 amide bonds. The van der Waals surface area contributed by atoms with Gasteiger partial charge in [0.15, 0.2) is 0 Å². The first-order valence-corrected chi connectivity index (χ1v) is 9.65. The number of benzene rings is 1. The minimum atomic E-state index is 0. The lowest BCUT2D eigenvalue weighted by Gasteiger charge is -2.26. The summed E-state index contributed by atoms with van der Waals surface area (Å²) in [6.07, 6.45) is 6.24. The Morgan fingerprint density at radius 1 is 1.19 bits per heavy atom. The molecule has 0 saturated carbocycles. The minimum absolute atomic E-state index is 0. The number of aryl methyl sites for hydroxylation is 1. The number of fused-ring (bicyclic) bond motifs is 1. The monoisotopic (exact) mass is 412 g/mol. The van der Waals surface area contributed by atoms with Crippen LogP contribution in [0.5, 0.6) is 0 Å². The zero-order valence-corrected chi connectivity index (χ0v) is 17.5. The van der Waals surface area contributed by atoms with E-state index >= 15 is 0 Å². The van der Waals surface area contributed by atoms with Gasteiger partial charge >= 0.3 is 0 Å². The lowest BCUT2D eigenvalue weighted by molar-refractivity contribution is -0.132. The van der Waals surface area contributed by atoms with Crippen LogP contribution < -0.4 is 5.32 Å². The van der Waals surface area contributed by atoms with Gasteiger partial charge in [0.25, 0.3) is 0 Å². The third kappa shape index (κ3) is 4.58. The van der Waals surface area contributed by atoms with Crippen molar-refractivity contribution in [2.75, 3.05) is 19.6 Å². The number of imidazole rings is 1. The summed E-state index contributed by atoms with van der Waals surface area (Å²) in [5.41, 5.74) is 2.17. The number of halogens is 2. The second kappa shape index (κ2) is 9.76. The van der Waals surface area contributed by atoms with Crippen molar-refractivity contribution in [1.82, 2.24) is 19.8 Å². The molecular formula is C20H30Cl2N4O. The molecule has 5 nitrogen and oxygen atoms in total. The summed E-state index contributed by atoms with van der Waals surface area (Å²) in [6, 6.07) is 8.36. The van der Waals surface area contributed by atoms with E-state index in [1.807, 2.05) is 12.1 Å². The minimum Gasteiger partial charge on any atom is -0.333 e. The molecule has 150 valence electrons. The highest BCUT2D eigenvalue weighted by atomic mass is 35.5. The molecule has 0 bridgehead atoms. The molecule has 0 spiro atoms. The summed E-state index contributed by atoms with van der Waals surface area (Å²) in [6.45, 7) is 3.08. The Hall–Kier alpha value is -1.30. The fourth-order valence-electron chi connectivity index (χ4n) is 4.44. The van der Waals surface area contributed by atoms with Gasteiger partial charge in [-0.3, -0.25) is 4.79 Å². The molecule has 4 rings (SSSR count). The second-order valence-electron chi connectivity index (χ2n) is 7.49. The zero-order chi connectivity index (χ0) is 17.2. The Morgan fingerprint density at radius 3 is 2.67 bits per heavy atom.